The molecule has 0 aromatic heterocycles. The number of hydrogen-bond donors (Lipinski definition) is 1. The van der Waals surface area contributed by atoms with Crippen LogP contribution in [0.1, 0.15) is 34.3 Å². The second-order valence-corrected chi connectivity index (χ2v) is 8.51. The van der Waals surface area contributed by atoms with Crippen LogP contribution >= 0.6 is 11.6 Å². The summed E-state index contributed by atoms with van der Waals surface area (Å²) in [6, 6.07) is 20.3. The molecule has 164 valence electrons. The molecule has 1 fully saturated rings. The van der Waals surface area contributed by atoms with Crippen LogP contribution in [-0.2, 0) is 11.3 Å². The predicted octanol–water partition coefficient (Wildman–Crippen LogP) is 5.56. The summed E-state index contributed by atoms with van der Waals surface area (Å²) in [5, 5.41) is 3.39. The lowest BCUT2D eigenvalue weighted by Crippen LogP contribution is -2.40. The molecule has 1 atom stereocenters. The molecule has 4 rings (SSSR count). The van der Waals surface area contributed by atoms with E-state index in [2.05, 4.69) is 10.2 Å². The maximum absolute atomic E-state index is 13.2. The molecule has 1 amide bonds. The first-order valence-corrected chi connectivity index (χ1v) is 11.0. The van der Waals surface area contributed by atoms with Crippen LogP contribution < -0.4 is 5.32 Å². The van der Waals surface area contributed by atoms with Crippen LogP contribution in [0.4, 0.5) is 10.1 Å². The van der Waals surface area contributed by atoms with E-state index in [-0.39, 0.29) is 23.4 Å². The van der Waals surface area contributed by atoms with Crippen LogP contribution in [0.3, 0.4) is 0 Å². The Bertz CT molecular complexity index is 1100. The summed E-state index contributed by atoms with van der Waals surface area (Å²) in [4.78, 5) is 28.3. The van der Waals surface area contributed by atoms with E-state index < -0.39 is 0 Å². The zero-order valence-electron chi connectivity index (χ0n) is 17.6. The van der Waals surface area contributed by atoms with Crippen LogP contribution in [0.25, 0.3) is 0 Å². The molecule has 0 saturated carbocycles. The summed E-state index contributed by atoms with van der Waals surface area (Å²) < 4.78 is 13.2. The van der Waals surface area contributed by atoms with Crippen molar-refractivity contribution in [2.24, 2.45) is 5.92 Å². The molecule has 6 heteroatoms. The molecule has 1 aliphatic heterocycles. The van der Waals surface area contributed by atoms with Gasteiger partial charge in [-0.3, -0.25) is 14.5 Å². The molecule has 1 heterocycles. The predicted molar refractivity (Wildman–Crippen MR) is 124 cm³/mol. The fourth-order valence-electron chi connectivity index (χ4n) is 4.05. The van der Waals surface area contributed by atoms with Gasteiger partial charge in [-0.05, 0) is 55.3 Å². The highest BCUT2D eigenvalue weighted by Gasteiger charge is 2.27. The topological polar surface area (TPSA) is 49.4 Å². The third kappa shape index (κ3) is 5.42. The van der Waals surface area contributed by atoms with Crippen LogP contribution in [-0.4, -0.2) is 29.7 Å². The Hall–Kier alpha value is -3.02. The van der Waals surface area contributed by atoms with Crippen molar-refractivity contribution in [2.45, 2.75) is 19.4 Å². The summed E-state index contributed by atoms with van der Waals surface area (Å²) in [5.41, 5.74) is 2.38. The highest BCUT2D eigenvalue weighted by molar-refractivity contribution is 6.31. The average molecular weight is 451 g/mol. The Balaban J connectivity index is 1.46. The van der Waals surface area contributed by atoms with Crippen molar-refractivity contribution < 1.29 is 14.0 Å². The van der Waals surface area contributed by atoms with E-state index in [1.165, 1.54) is 12.1 Å². The number of carbonyl (C=O) groups excluding carboxylic acids is 2. The Morgan fingerprint density at radius 1 is 1.03 bits per heavy atom. The van der Waals surface area contributed by atoms with Gasteiger partial charge in [0.15, 0.2) is 5.78 Å². The molecule has 0 spiro atoms. The molecule has 0 bridgehead atoms. The third-order valence-corrected chi connectivity index (χ3v) is 5.95. The van der Waals surface area contributed by atoms with Gasteiger partial charge in [0.2, 0.25) is 5.91 Å². The van der Waals surface area contributed by atoms with Crippen LogP contribution in [0, 0.1) is 11.7 Å². The van der Waals surface area contributed by atoms with E-state index >= 15 is 0 Å². The molecule has 32 heavy (non-hydrogen) atoms. The molecular formula is C26H24ClFN2O2. The standard InChI is InChI=1S/C26H24ClFN2O2/c27-21-10-13-24(23(15-21)25(31)19-5-2-1-3-6-19)29-26(32)20-7-4-14-30(17-20)16-18-8-11-22(28)12-9-18/h1-3,5-6,8-13,15,20H,4,7,14,16-17H2,(H,29,32). The minimum Gasteiger partial charge on any atom is -0.325 e. The van der Waals surface area contributed by atoms with Crippen molar-refractivity contribution in [2.75, 3.05) is 18.4 Å². The fourth-order valence-corrected chi connectivity index (χ4v) is 4.23. The number of amides is 1. The van der Waals surface area contributed by atoms with Crippen LogP contribution in [0.15, 0.2) is 72.8 Å². The van der Waals surface area contributed by atoms with Gasteiger partial charge in [-0.1, -0.05) is 54.1 Å². The summed E-state index contributed by atoms with van der Waals surface area (Å²) >= 11 is 6.14. The lowest BCUT2D eigenvalue weighted by atomic mass is 9.96. The van der Waals surface area contributed by atoms with Gasteiger partial charge in [0.25, 0.3) is 0 Å². The smallest absolute Gasteiger partial charge is 0.228 e. The maximum atomic E-state index is 13.2. The maximum Gasteiger partial charge on any atom is 0.228 e. The number of ketones is 1. The number of nitrogens with zero attached hydrogens (tertiary/aromatic N) is 1. The lowest BCUT2D eigenvalue weighted by molar-refractivity contribution is -0.121. The number of piperidine rings is 1. The zero-order chi connectivity index (χ0) is 22.5. The fraction of sp³-hybridized carbons (Fsp3) is 0.231. The second kappa shape index (κ2) is 10.1. The summed E-state index contributed by atoms with van der Waals surface area (Å²) in [7, 11) is 0. The first-order chi connectivity index (χ1) is 15.5. The lowest BCUT2D eigenvalue weighted by Gasteiger charge is -2.32. The first kappa shape index (κ1) is 22.2. The number of halogens is 2. The van der Waals surface area contributed by atoms with Crippen molar-refractivity contribution in [3.8, 4) is 0 Å². The molecule has 3 aromatic rings. The van der Waals surface area contributed by atoms with Crippen LogP contribution in [0.5, 0.6) is 0 Å². The molecule has 1 saturated heterocycles. The second-order valence-electron chi connectivity index (χ2n) is 8.08. The number of likely N-dealkylation sites (tertiary alicyclic amines) is 1. The number of nitrogens with one attached hydrogen (secondary N) is 1. The summed E-state index contributed by atoms with van der Waals surface area (Å²) in [6.07, 6.45) is 1.68. The first-order valence-electron chi connectivity index (χ1n) is 10.7. The summed E-state index contributed by atoms with van der Waals surface area (Å²) in [6.45, 7) is 2.17. The Morgan fingerprint density at radius 2 is 1.78 bits per heavy atom. The van der Waals surface area contributed by atoms with Gasteiger partial charge in [-0.2, -0.15) is 0 Å². The monoisotopic (exact) mass is 450 g/mol. The number of benzene rings is 3. The normalized spacial score (nSPS) is 16.5. The van der Waals surface area contributed by atoms with E-state index in [1.807, 2.05) is 6.07 Å². The Morgan fingerprint density at radius 3 is 2.53 bits per heavy atom. The average Bonchev–Trinajstić information content (AvgIpc) is 2.82. The van der Waals surface area contributed by atoms with Crippen molar-refractivity contribution in [1.29, 1.82) is 0 Å². The number of rotatable bonds is 6. The molecule has 0 aliphatic carbocycles. The van der Waals surface area contributed by atoms with Gasteiger partial charge in [-0.15, -0.1) is 0 Å². The number of anilines is 1. The minimum absolute atomic E-state index is 0.113. The third-order valence-electron chi connectivity index (χ3n) is 5.72. The van der Waals surface area contributed by atoms with Crippen molar-refractivity contribution in [3.63, 3.8) is 0 Å². The van der Waals surface area contributed by atoms with E-state index in [9.17, 15) is 14.0 Å². The highest BCUT2D eigenvalue weighted by atomic mass is 35.5. The molecule has 1 unspecified atom stereocenters. The Kier molecular flexibility index (Phi) is 6.98. The van der Waals surface area contributed by atoms with E-state index in [4.69, 9.17) is 11.6 Å². The summed E-state index contributed by atoms with van der Waals surface area (Å²) in [5.74, 6) is -0.753. The van der Waals surface area contributed by atoms with E-state index in [0.717, 1.165) is 24.9 Å². The molecule has 1 aliphatic rings. The van der Waals surface area contributed by atoms with Gasteiger partial charge >= 0.3 is 0 Å². The van der Waals surface area contributed by atoms with Crippen molar-refractivity contribution in [1.82, 2.24) is 4.90 Å². The highest BCUT2D eigenvalue weighted by Crippen LogP contribution is 2.26. The quantitative estimate of drug-likeness (QED) is 0.500. The number of hydrogen-bond acceptors (Lipinski definition) is 3. The SMILES string of the molecule is O=C(c1ccccc1)c1cc(Cl)ccc1NC(=O)C1CCCN(Cc2ccc(F)cc2)C1. The minimum atomic E-state index is -0.256. The van der Waals surface area contributed by atoms with Crippen LogP contribution in [0.2, 0.25) is 5.02 Å². The van der Waals surface area contributed by atoms with Gasteiger partial charge in [0.05, 0.1) is 11.6 Å². The zero-order valence-corrected chi connectivity index (χ0v) is 18.3. The molecule has 4 nitrogen and oxygen atoms in total. The van der Waals surface area contributed by atoms with Gasteiger partial charge in [-0.25, -0.2) is 4.39 Å². The van der Waals surface area contributed by atoms with E-state index in [0.29, 0.717) is 34.9 Å². The molecule has 1 N–H and O–H groups in total. The van der Waals surface area contributed by atoms with Gasteiger partial charge in [0.1, 0.15) is 5.82 Å². The number of carbonyl (C=O) groups is 2. The van der Waals surface area contributed by atoms with Crippen molar-refractivity contribution >= 4 is 29.0 Å². The molecule has 3 aromatic carbocycles. The van der Waals surface area contributed by atoms with Crippen molar-refractivity contribution in [3.05, 3.63) is 100 Å². The van der Waals surface area contributed by atoms with Gasteiger partial charge < -0.3 is 5.32 Å². The molecule has 0 radical (unpaired) electrons. The van der Waals surface area contributed by atoms with E-state index in [1.54, 1.807) is 54.6 Å². The Labute approximate surface area is 192 Å². The largest absolute Gasteiger partial charge is 0.325 e. The van der Waals surface area contributed by atoms with Gasteiger partial charge in [0, 0.05) is 29.2 Å². The molecular weight excluding hydrogens is 427 g/mol.